The molecular weight excluding hydrogens is 208 g/mol. The normalized spacial score (nSPS) is 17.2. The van der Waals surface area contributed by atoms with Crippen molar-refractivity contribution >= 4 is 0 Å². The van der Waals surface area contributed by atoms with Crippen LogP contribution in [0.2, 0.25) is 0 Å². The van der Waals surface area contributed by atoms with E-state index < -0.39 is 0 Å². The lowest BCUT2D eigenvalue weighted by Crippen LogP contribution is -2.48. The Morgan fingerprint density at radius 2 is 1.29 bits per heavy atom. The number of hydrogen-bond donors (Lipinski definition) is 0. The third-order valence-corrected chi connectivity index (χ3v) is 3.39. The Morgan fingerprint density at radius 3 is 1.59 bits per heavy atom. The largest absolute Gasteiger partial charge is 0.356 e. The van der Waals surface area contributed by atoms with Gasteiger partial charge in [0.15, 0.2) is 0 Å². The molecule has 0 aliphatic carbocycles. The molecule has 1 rings (SSSR count). The fraction of sp³-hybridized carbons (Fsp3) is 0.867. The Morgan fingerprint density at radius 1 is 0.882 bits per heavy atom. The van der Waals surface area contributed by atoms with Gasteiger partial charge in [0.25, 0.3) is 0 Å². The van der Waals surface area contributed by atoms with Crippen LogP contribution in [0.15, 0.2) is 12.4 Å². The van der Waals surface area contributed by atoms with Crippen LogP contribution in [-0.4, -0.2) is 29.1 Å². The molecule has 0 aromatic rings. The molecule has 0 bridgehead atoms. The van der Waals surface area contributed by atoms with Gasteiger partial charge in [0, 0.05) is 30.9 Å². The van der Waals surface area contributed by atoms with Crippen molar-refractivity contribution in [2.45, 2.75) is 66.5 Å². The van der Waals surface area contributed by atoms with Crippen molar-refractivity contribution in [3.05, 3.63) is 12.4 Å². The molecule has 1 heterocycles. The fourth-order valence-electron chi connectivity index (χ4n) is 2.59. The van der Waals surface area contributed by atoms with Gasteiger partial charge in [-0.05, 0) is 12.8 Å². The van der Waals surface area contributed by atoms with E-state index in [1.54, 1.807) is 0 Å². The molecule has 0 aromatic heterocycles. The molecule has 0 radical (unpaired) electrons. The number of nitrogens with zero attached hydrogens (tertiary/aromatic N) is 2. The van der Waals surface area contributed by atoms with Crippen molar-refractivity contribution in [1.82, 2.24) is 9.80 Å². The molecule has 0 amide bonds. The van der Waals surface area contributed by atoms with Crippen molar-refractivity contribution in [2.75, 3.05) is 13.1 Å². The molecule has 17 heavy (non-hydrogen) atoms. The monoisotopic (exact) mass is 238 g/mol. The summed E-state index contributed by atoms with van der Waals surface area (Å²) in [4.78, 5) is 5.05. The lowest BCUT2D eigenvalue weighted by Gasteiger charge is -2.41. The van der Waals surface area contributed by atoms with E-state index in [4.69, 9.17) is 0 Å². The number of hydrogen-bond acceptors (Lipinski definition) is 2. The molecule has 1 aliphatic heterocycles. The maximum absolute atomic E-state index is 2.53. The molecule has 0 saturated carbocycles. The number of rotatable bonds is 6. The maximum Gasteiger partial charge on any atom is 0.106 e. The van der Waals surface area contributed by atoms with E-state index in [0.717, 1.165) is 0 Å². The van der Waals surface area contributed by atoms with Crippen LogP contribution in [0.5, 0.6) is 0 Å². The first-order chi connectivity index (χ1) is 8.00. The average Bonchev–Trinajstić information content (AvgIpc) is 2.66. The van der Waals surface area contributed by atoms with Crippen molar-refractivity contribution in [2.24, 2.45) is 5.41 Å². The Balaban J connectivity index is 2.64. The van der Waals surface area contributed by atoms with Gasteiger partial charge >= 0.3 is 0 Å². The summed E-state index contributed by atoms with van der Waals surface area (Å²) in [5, 5.41) is 0. The summed E-state index contributed by atoms with van der Waals surface area (Å²) >= 11 is 0. The lowest BCUT2D eigenvalue weighted by atomic mass is 9.90. The van der Waals surface area contributed by atoms with Crippen LogP contribution in [0.1, 0.15) is 60.3 Å². The summed E-state index contributed by atoms with van der Waals surface area (Å²) in [6.45, 7) is 14.0. The highest BCUT2D eigenvalue weighted by molar-refractivity contribution is 5.01. The zero-order chi connectivity index (χ0) is 12.9. The molecule has 2 nitrogen and oxygen atoms in total. The zero-order valence-corrected chi connectivity index (χ0v) is 12.4. The Bertz CT molecular complexity index is 222. The average molecular weight is 238 g/mol. The van der Waals surface area contributed by atoms with Crippen LogP contribution in [0.25, 0.3) is 0 Å². The molecule has 0 spiro atoms. The molecule has 0 N–H and O–H groups in total. The summed E-state index contributed by atoms with van der Waals surface area (Å²) < 4.78 is 0. The minimum Gasteiger partial charge on any atom is -0.356 e. The third kappa shape index (κ3) is 3.93. The van der Waals surface area contributed by atoms with Crippen LogP contribution >= 0.6 is 0 Å². The van der Waals surface area contributed by atoms with Crippen LogP contribution in [0.3, 0.4) is 0 Å². The molecule has 2 heteroatoms. The first kappa shape index (κ1) is 14.4. The Labute approximate surface area is 108 Å². The quantitative estimate of drug-likeness (QED) is 0.689. The first-order valence-corrected chi connectivity index (χ1v) is 7.20. The highest BCUT2D eigenvalue weighted by atomic mass is 15.4. The van der Waals surface area contributed by atoms with Crippen LogP contribution in [0.4, 0.5) is 0 Å². The molecule has 0 atom stereocenters. The molecule has 0 unspecified atom stereocenters. The molecule has 1 aliphatic rings. The molecular formula is C15H30N2. The van der Waals surface area contributed by atoms with E-state index in [1.807, 2.05) is 0 Å². The van der Waals surface area contributed by atoms with Gasteiger partial charge in [-0.2, -0.15) is 0 Å². The fourth-order valence-corrected chi connectivity index (χ4v) is 2.59. The minimum atomic E-state index is 0.310. The van der Waals surface area contributed by atoms with Gasteiger partial charge in [0.05, 0.1) is 0 Å². The topological polar surface area (TPSA) is 6.48 Å². The van der Waals surface area contributed by atoms with Crippen molar-refractivity contribution < 1.29 is 0 Å². The highest BCUT2D eigenvalue weighted by Gasteiger charge is 2.35. The van der Waals surface area contributed by atoms with Crippen LogP contribution in [0, 0.1) is 5.41 Å². The van der Waals surface area contributed by atoms with E-state index in [9.17, 15) is 0 Å². The van der Waals surface area contributed by atoms with Gasteiger partial charge in [-0.25, -0.2) is 0 Å². The summed E-state index contributed by atoms with van der Waals surface area (Å²) in [7, 11) is 0. The van der Waals surface area contributed by atoms with E-state index in [1.165, 1.54) is 38.8 Å². The Hall–Kier alpha value is -0.660. The van der Waals surface area contributed by atoms with Gasteiger partial charge in [-0.1, -0.05) is 47.5 Å². The van der Waals surface area contributed by atoms with Crippen molar-refractivity contribution in [3.63, 3.8) is 0 Å². The number of unbranched alkanes of at least 4 members (excludes halogenated alkanes) is 2. The Kier molecular flexibility index (Phi) is 5.35. The first-order valence-electron chi connectivity index (χ1n) is 7.20. The zero-order valence-electron chi connectivity index (χ0n) is 12.4. The predicted molar refractivity (Wildman–Crippen MR) is 75.6 cm³/mol. The predicted octanol–water partition coefficient (Wildman–Crippen LogP) is 4.05. The second-order valence-corrected chi connectivity index (χ2v) is 6.22. The van der Waals surface area contributed by atoms with Crippen molar-refractivity contribution in [3.8, 4) is 0 Å². The summed E-state index contributed by atoms with van der Waals surface area (Å²) in [6.07, 6.45) is 10.3. The van der Waals surface area contributed by atoms with Gasteiger partial charge in [0.2, 0.25) is 0 Å². The van der Waals surface area contributed by atoms with Gasteiger partial charge in [0.1, 0.15) is 6.17 Å². The van der Waals surface area contributed by atoms with E-state index >= 15 is 0 Å². The minimum absolute atomic E-state index is 0.310. The lowest BCUT2D eigenvalue weighted by molar-refractivity contribution is 0.0489. The maximum atomic E-state index is 2.53. The van der Waals surface area contributed by atoms with E-state index in [2.05, 4.69) is 56.8 Å². The molecule has 0 aromatic carbocycles. The van der Waals surface area contributed by atoms with E-state index in [0.29, 0.717) is 11.6 Å². The molecule has 0 fully saturated rings. The van der Waals surface area contributed by atoms with Gasteiger partial charge in [-0.3, -0.25) is 0 Å². The van der Waals surface area contributed by atoms with Crippen molar-refractivity contribution in [1.29, 1.82) is 0 Å². The molecule has 100 valence electrons. The standard InChI is InChI=1S/C15H30N2/c1-6-8-10-16-12-13-17(11-9-7-2)14(16)15(3,4)5/h12-14H,6-11H2,1-5H3. The van der Waals surface area contributed by atoms with Crippen LogP contribution < -0.4 is 0 Å². The van der Waals surface area contributed by atoms with Gasteiger partial charge < -0.3 is 9.80 Å². The molecule has 0 saturated heterocycles. The third-order valence-electron chi connectivity index (χ3n) is 3.39. The SMILES string of the molecule is CCCCN1C=CN(CCCC)C1C(C)(C)C. The smallest absolute Gasteiger partial charge is 0.106 e. The highest BCUT2D eigenvalue weighted by Crippen LogP contribution is 2.32. The summed E-state index contributed by atoms with van der Waals surface area (Å²) in [5.74, 6) is 0. The van der Waals surface area contributed by atoms with Crippen LogP contribution in [-0.2, 0) is 0 Å². The van der Waals surface area contributed by atoms with E-state index in [-0.39, 0.29) is 0 Å². The second-order valence-electron chi connectivity index (χ2n) is 6.22. The summed E-state index contributed by atoms with van der Waals surface area (Å²) in [6, 6.07) is 0. The second kappa shape index (κ2) is 6.32. The van der Waals surface area contributed by atoms with Gasteiger partial charge in [-0.15, -0.1) is 0 Å². The summed E-state index contributed by atoms with van der Waals surface area (Å²) in [5.41, 5.74) is 0.310.